The molecule has 8 heteroatoms. The summed E-state index contributed by atoms with van der Waals surface area (Å²) in [6, 6.07) is 6.69. The van der Waals surface area contributed by atoms with Crippen molar-refractivity contribution in [2.24, 2.45) is 16.9 Å². The van der Waals surface area contributed by atoms with Gasteiger partial charge in [0.1, 0.15) is 4.99 Å². The van der Waals surface area contributed by atoms with E-state index in [1.165, 1.54) is 0 Å². The molecule has 0 aliphatic heterocycles. The van der Waals surface area contributed by atoms with Crippen LogP contribution in [0.4, 0.5) is 0 Å². The van der Waals surface area contributed by atoms with Gasteiger partial charge in [-0.25, -0.2) is 13.1 Å². The molecule has 0 aromatic heterocycles. The molecule has 0 saturated heterocycles. The average Bonchev–Trinajstić information content (AvgIpc) is 2.36. The summed E-state index contributed by atoms with van der Waals surface area (Å²) >= 11 is 4.85. The quantitative estimate of drug-likeness (QED) is 0.620. The number of sulfonamides is 1. The predicted octanol–water partition coefficient (Wildman–Crippen LogP) is 0.252. The van der Waals surface area contributed by atoms with Crippen molar-refractivity contribution in [3.63, 3.8) is 0 Å². The summed E-state index contributed by atoms with van der Waals surface area (Å²) in [6.07, 6.45) is 0. The fourth-order valence-corrected chi connectivity index (χ4v) is 2.89. The number of rotatable bonds is 7. The molecular weight excluding hydrogens is 310 g/mol. The maximum Gasteiger partial charge on any atom is 0.224 e. The molecule has 0 unspecified atom stereocenters. The molecule has 21 heavy (non-hydrogen) atoms. The summed E-state index contributed by atoms with van der Waals surface area (Å²) in [5.74, 6) is -0.793. The van der Waals surface area contributed by atoms with Crippen LogP contribution in [-0.2, 0) is 20.6 Å². The maximum atomic E-state index is 12.0. The Bertz CT molecular complexity index is 654. The summed E-state index contributed by atoms with van der Waals surface area (Å²) in [6.45, 7) is 3.09. The molecule has 1 aromatic carbocycles. The lowest BCUT2D eigenvalue weighted by molar-refractivity contribution is -0.125. The van der Waals surface area contributed by atoms with Gasteiger partial charge in [0.25, 0.3) is 0 Å². The Morgan fingerprint density at radius 3 is 2.48 bits per heavy atom. The molecule has 1 aromatic rings. The molecule has 0 spiro atoms. The number of benzene rings is 1. The third-order valence-corrected chi connectivity index (χ3v) is 4.50. The van der Waals surface area contributed by atoms with E-state index < -0.39 is 21.3 Å². The van der Waals surface area contributed by atoms with Gasteiger partial charge in [-0.2, -0.15) is 0 Å². The van der Waals surface area contributed by atoms with E-state index in [0.717, 1.165) is 0 Å². The second kappa shape index (κ2) is 6.50. The van der Waals surface area contributed by atoms with Crippen molar-refractivity contribution in [2.75, 3.05) is 6.54 Å². The van der Waals surface area contributed by atoms with E-state index in [2.05, 4.69) is 4.72 Å². The molecule has 0 bridgehead atoms. The molecule has 5 N–H and O–H groups in total. The van der Waals surface area contributed by atoms with Crippen molar-refractivity contribution in [3.8, 4) is 0 Å². The van der Waals surface area contributed by atoms with Crippen molar-refractivity contribution in [1.29, 1.82) is 0 Å². The molecule has 0 atom stereocenters. The molecule has 0 fully saturated rings. The van der Waals surface area contributed by atoms with Gasteiger partial charge in [0.05, 0.1) is 11.2 Å². The smallest absolute Gasteiger partial charge is 0.224 e. The van der Waals surface area contributed by atoms with Crippen molar-refractivity contribution in [1.82, 2.24) is 4.72 Å². The van der Waals surface area contributed by atoms with Gasteiger partial charge in [0.2, 0.25) is 15.9 Å². The minimum absolute atomic E-state index is 0.0559. The topological polar surface area (TPSA) is 115 Å². The van der Waals surface area contributed by atoms with E-state index in [0.29, 0.717) is 11.1 Å². The van der Waals surface area contributed by atoms with Gasteiger partial charge in [-0.15, -0.1) is 0 Å². The van der Waals surface area contributed by atoms with Gasteiger partial charge in [0, 0.05) is 12.1 Å². The first kappa shape index (κ1) is 17.5. The monoisotopic (exact) mass is 329 g/mol. The number of carbonyl (C=O) groups is 1. The van der Waals surface area contributed by atoms with E-state index in [-0.39, 0.29) is 17.3 Å². The summed E-state index contributed by atoms with van der Waals surface area (Å²) in [5, 5.41) is 0. The van der Waals surface area contributed by atoms with Crippen LogP contribution in [0.2, 0.25) is 0 Å². The molecule has 6 nitrogen and oxygen atoms in total. The van der Waals surface area contributed by atoms with Gasteiger partial charge in [0.15, 0.2) is 0 Å². The maximum absolute atomic E-state index is 12.0. The van der Waals surface area contributed by atoms with E-state index in [9.17, 15) is 13.2 Å². The minimum Gasteiger partial charge on any atom is -0.389 e. The molecule has 0 radical (unpaired) electrons. The standard InChI is InChI=1S/C13H19N3O3S2/c1-13(2,12(15)17)8-16-21(18,19)7-9-4-3-5-10(6-9)11(14)20/h3-6,16H,7-8H2,1-2H3,(H2,14,20)(H2,15,17). The van der Waals surface area contributed by atoms with Crippen molar-refractivity contribution < 1.29 is 13.2 Å². The normalized spacial score (nSPS) is 12.1. The van der Waals surface area contributed by atoms with Gasteiger partial charge in [-0.3, -0.25) is 4.79 Å². The van der Waals surface area contributed by atoms with E-state index in [1.807, 2.05) is 0 Å². The number of carbonyl (C=O) groups excluding carboxylic acids is 1. The van der Waals surface area contributed by atoms with Crippen LogP contribution < -0.4 is 16.2 Å². The zero-order chi connectivity index (χ0) is 16.3. The van der Waals surface area contributed by atoms with Crippen LogP contribution in [0.3, 0.4) is 0 Å². The van der Waals surface area contributed by atoms with Crippen molar-refractivity contribution in [3.05, 3.63) is 35.4 Å². The molecule has 1 rings (SSSR count). The molecule has 116 valence electrons. The zero-order valence-corrected chi connectivity index (χ0v) is 13.6. The SMILES string of the molecule is CC(C)(CNS(=O)(=O)Cc1cccc(C(N)=S)c1)C(N)=O. The first-order valence-electron chi connectivity index (χ1n) is 6.19. The Balaban J connectivity index is 2.80. The lowest BCUT2D eigenvalue weighted by Crippen LogP contribution is -2.42. The van der Waals surface area contributed by atoms with E-state index in [4.69, 9.17) is 23.7 Å². The van der Waals surface area contributed by atoms with Gasteiger partial charge in [-0.05, 0) is 25.5 Å². The predicted molar refractivity (Wildman–Crippen MR) is 85.9 cm³/mol. The lowest BCUT2D eigenvalue weighted by atomic mass is 9.93. The van der Waals surface area contributed by atoms with Crippen molar-refractivity contribution in [2.45, 2.75) is 19.6 Å². The Labute approximate surface area is 129 Å². The lowest BCUT2D eigenvalue weighted by Gasteiger charge is -2.20. The largest absolute Gasteiger partial charge is 0.389 e. The summed E-state index contributed by atoms with van der Waals surface area (Å²) in [5.41, 5.74) is 10.9. The number of hydrogen-bond donors (Lipinski definition) is 3. The van der Waals surface area contributed by atoms with Crippen LogP contribution in [0, 0.1) is 5.41 Å². The third-order valence-electron chi connectivity index (χ3n) is 2.97. The number of nitrogens with one attached hydrogen (secondary N) is 1. The summed E-state index contributed by atoms with van der Waals surface area (Å²) < 4.78 is 26.4. The minimum atomic E-state index is -3.59. The van der Waals surface area contributed by atoms with Crippen LogP contribution in [0.25, 0.3) is 0 Å². The number of primary amides is 1. The highest BCUT2D eigenvalue weighted by Crippen LogP contribution is 2.14. The first-order chi connectivity index (χ1) is 9.53. The molecule has 0 heterocycles. The van der Waals surface area contributed by atoms with Crippen LogP contribution >= 0.6 is 12.2 Å². The highest BCUT2D eigenvalue weighted by molar-refractivity contribution is 7.88. The molecule has 1 amide bonds. The Kier molecular flexibility index (Phi) is 5.43. The number of nitrogens with two attached hydrogens (primary N) is 2. The summed E-state index contributed by atoms with van der Waals surface area (Å²) in [7, 11) is -3.59. The number of thiocarbonyl (C=S) groups is 1. The average molecular weight is 329 g/mol. The Hall–Kier alpha value is -1.51. The van der Waals surface area contributed by atoms with Gasteiger partial charge in [-0.1, -0.05) is 30.4 Å². The fourth-order valence-electron chi connectivity index (χ4n) is 1.46. The second-order valence-electron chi connectivity index (χ2n) is 5.39. The van der Waals surface area contributed by atoms with Crippen LogP contribution in [-0.4, -0.2) is 25.9 Å². The molecule has 0 aliphatic rings. The fraction of sp³-hybridized carbons (Fsp3) is 0.385. The third kappa shape index (κ3) is 5.41. The molecular formula is C13H19N3O3S2. The summed E-state index contributed by atoms with van der Waals surface area (Å²) in [4.78, 5) is 11.4. The molecule has 0 saturated carbocycles. The molecule has 0 aliphatic carbocycles. The van der Waals surface area contributed by atoms with Crippen molar-refractivity contribution >= 4 is 33.1 Å². The van der Waals surface area contributed by atoms with Crippen LogP contribution in [0.5, 0.6) is 0 Å². The first-order valence-corrected chi connectivity index (χ1v) is 8.25. The Morgan fingerprint density at radius 1 is 1.33 bits per heavy atom. The van der Waals surface area contributed by atoms with E-state index >= 15 is 0 Å². The number of hydrogen-bond acceptors (Lipinski definition) is 4. The van der Waals surface area contributed by atoms with E-state index in [1.54, 1.807) is 38.1 Å². The van der Waals surface area contributed by atoms with Gasteiger partial charge >= 0.3 is 0 Å². The van der Waals surface area contributed by atoms with Gasteiger partial charge < -0.3 is 11.5 Å². The highest BCUT2D eigenvalue weighted by Gasteiger charge is 2.27. The Morgan fingerprint density at radius 2 is 1.95 bits per heavy atom. The van der Waals surface area contributed by atoms with Crippen LogP contribution in [0.15, 0.2) is 24.3 Å². The second-order valence-corrected chi connectivity index (χ2v) is 7.64. The van der Waals surface area contributed by atoms with Crippen LogP contribution in [0.1, 0.15) is 25.0 Å². The number of amides is 1. The highest BCUT2D eigenvalue weighted by atomic mass is 32.2. The zero-order valence-electron chi connectivity index (χ0n) is 11.9.